The van der Waals surface area contributed by atoms with Crippen LogP contribution in [0.4, 0.5) is 5.69 Å². The Morgan fingerprint density at radius 2 is 1.79 bits per heavy atom. The van der Waals surface area contributed by atoms with Crippen LogP contribution in [0, 0.1) is 24.2 Å². The lowest BCUT2D eigenvalue weighted by atomic mass is 9.79. The molecule has 3 aliphatic rings. The van der Waals surface area contributed by atoms with Gasteiger partial charge in [-0.25, -0.2) is 0 Å². The van der Waals surface area contributed by atoms with Crippen LogP contribution in [0.25, 0.3) is 6.08 Å². The normalized spacial score (nSPS) is 27.9. The summed E-state index contributed by atoms with van der Waals surface area (Å²) >= 11 is 0. The van der Waals surface area contributed by atoms with Gasteiger partial charge in [0.05, 0.1) is 17.9 Å². The SMILES string of the molecule is CCCCN1C(=O)[C@@H]2[C@@H](C1=O)[C@@H](C(=O)C(C)(C)C)N1c3ccc(C)cc3C=C[C@H]21. The quantitative estimate of drug-likeness (QED) is 0.732. The predicted molar refractivity (Wildman–Crippen MR) is 113 cm³/mol. The van der Waals surface area contributed by atoms with E-state index in [4.69, 9.17) is 0 Å². The van der Waals surface area contributed by atoms with E-state index in [1.165, 1.54) is 4.90 Å². The van der Waals surface area contributed by atoms with Gasteiger partial charge < -0.3 is 4.90 Å². The van der Waals surface area contributed by atoms with Crippen molar-refractivity contribution in [3.05, 3.63) is 35.4 Å². The predicted octanol–water partition coefficient (Wildman–Crippen LogP) is 3.60. The van der Waals surface area contributed by atoms with Crippen molar-refractivity contribution >= 4 is 29.4 Å². The van der Waals surface area contributed by atoms with Crippen molar-refractivity contribution in [2.45, 2.75) is 59.5 Å². The first-order valence-electron chi connectivity index (χ1n) is 10.6. The van der Waals surface area contributed by atoms with Crippen LogP contribution >= 0.6 is 0 Å². The molecule has 0 unspecified atom stereocenters. The largest absolute Gasteiger partial charge is 0.353 e. The number of imide groups is 1. The summed E-state index contributed by atoms with van der Waals surface area (Å²) in [5, 5.41) is 0. The number of carbonyl (C=O) groups is 3. The molecule has 154 valence electrons. The Labute approximate surface area is 172 Å². The molecular weight excluding hydrogens is 364 g/mol. The number of nitrogens with zero attached hydrogens (tertiary/aromatic N) is 2. The summed E-state index contributed by atoms with van der Waals surface area (Å²) in [6, 6.07) is 5.27. The van der Waals surface area contributed by atoms with E-state index in [0.717, 1.165) is 29.7 Å². The smallest absolute Gasteiger partial charge is 0.235 e. The molecule has 0 saturated carbocycles. The molecule has 3 heterocycles. The van der Waals surface area contributed by atoms with Crippen LogP contribution in [0.5, 0.6) is 0 Å². The molecule has 5 nitrogen and oxygen atoms in total. The molecule has 3 aliphatic heterocycles. The Bertz CT molecular complexity index is 911. The van der Waals surface area contributed by atoms with E-state index in [0.29, 0.717) is 6.54 Å². The van der Waals surface area contributed by atoms with Crippen LogP contribution in [-0.2, 0) is 14.4 Å². The number of hydrogen-bond donors (Lipinski definition) is 0. The monoisotopic (exact) mass is 394 g/mol. The number of hydrogen-bond acceptors (Lipinski definition) is 4. The van der Waals surface area contributed by atoms with Crippen LogP contribution < -0.4 is 4.90 Å². The molecular formula is C24H30N2O3. The van der Waals surface area contributed by atoms with Crippen LogP contribution in [-0.4, -0.2) is 41.1 Å². The molecule has 0 N–H and O–H groups in total. The number of Topliss-reactive ketones (excluding diaryl/α,β-unsaturated/α-hetero) is 1. The second-order valence-electron chi connectivity index (χ2n) is 9.61. The zero-order chi connectivity index (χ0) is 21.1. The summed E-state index contributed by atoms with van der Waals surface area (Å²) in [7, 11) is 0. The van der Waals surface area contributed by atoms with E-state index in [1.54, 1.807) is 0 Å². The summed E-state index contributed by atoms with van der Waals surface area (Å²) in [4.78, 5) is 43.7. The Balaban J connectivity index is 1.83. The first-order chi connectivity index (χ1) is 13.7. The van der Waals surface area contributed by atoms with Crippen molar-refractivity contribution < 1.29 is 14.4 Å². The summed E-state index contributed by atoms with van der Waals surface area (Å²) < 4.78 is 0. The van der Waals surface area contributed by atoms with Crippen LogP contribution in [0.1, 0.15) is 51.7 Å². The molecule has 0 bridgehead atoms. The summed E-state index contributed by atoms with van der Waals surface area (Å²) in [5.41, 5.74) is 2.52. The summed E-state index contributed by atoms with van der Waals surface area (Å²) in [6.07, 6.45) is 5.76. The minimum atomic E-state index is -0.612. The molecule has 1 aromatic rings. The highest BCUT2D eigenvalue weighted by molar-refractivity contribution is 6.11. The third-order valence-corrected chi connectivity index (χ3v) is 6.50. The number of aryl methyl sites for hydroxylation is 1. The van der Waals surface area contributed by atoms with Crippen LogP contribution in [0.15, 0.2) is 24.3 Å². The minimum Gasteiger partial charge on any atom is -0.353 e. The zero-order valence-corrected chi connectivity index (χ0v) is 17.9. The fourth-order valence-corrected chi connectivity index (χ4v) is 5.03. The van der Waals surface area contributed by atoms with Crippen molar-refractivity contribution in [2.24, 2.45) is 17.3 Å². The number of fused-ring (bicyclic) bond motifs is 5. The topological polar surface area (TPSA) is 57.7 Å². The maximum Gasteiger partial charge on any atom is 0.235 e. The van der Waals surface area contributed by atoms with E-state index in [9.17, 15) is 14.4 Å². The van der Waals surface area contributed by atoms with E-state index in [2.05, 4.69) is 11.0 Å². The molecule has 1 aromatic carbocycles. The zero-order valence-electron chi connectivity index (χ0n) is 17.9. The highest BCUT2D eigenvalue weighted by Crippen LogP contribution is 2.49. The standard InChI is InChI=1S/C24H30N2O3/c1-6-7-12-25-22(28)18-17-11-9-15-13-14(2)8-10-16(15)26(17)20(19(18)23(25)29)21(27)24(3,4)5/h8-11,13,17-20H,6-7,12H2,1-5H3/t17-,18+,19-,20+/m1/s1. The lowest BCUT2D eigenvalue weighted by molar-refractivity contribution is -0.142. The molecule has 2 amide bonds. The average Bonchev–Trinajstić information content (AvgIpc) is 3.12. The second kappa shape index (κ2) is 6.82. The fourth-order valence-electron chi connectivity index (χ4n) is 5.03. The van der Waals surface area contributed by atoms with Crippen molar-refractivity contribution in [1.82, 2.24) is 4.90 Å². The molecule has 4 rings (SSSR count). The Hall–Kier alpha value is -2.43. The first kappa shape index (κ1) is 19.9. The molecule has 0 radical (unpaired) electrons. The lowest BCUT2D eigenvalue weighted by Crippen LogP contribution is -2.51. The van der Waals surface area contributed by atoms with Gasteiger partial charge in [-0.05, 0) is 31.0 Å². The van der Waals surface area contributed by atoms with Gasteiger partial charge in [0.2, 0.25) is 11.8 Å². The number of carbonyl (C=O) groups excluding carboxylic acids is 3. The first-order valence-corrected chi connectivity index (χ1v) is 10.6. The molecule has 29 heavy (non-hydrogen) atoms. The fraction of sp³-hybridized carbons (Fsp3) is 0.542. The molecule has 5 heteroatoms. The van der Waals surface area contributed by atoms with Crippen molar-refractivity contribution in [2.75, 3.05) is 11.4 Å². The molecule has 0 aromatic heterocycles. The lowest BCUT2D eigenvalue weighted by Gasteiger charge is -2.38. The van der Waals surface area contributed by atoms with E-state index in [-0.39, 0.29) is 23.6 Å². The number of likely N-dealkylation sites (tertiary alicyclic amines) is 1. The van der Waals surface area contributed by atoms with Gasteiger partial charge in [0.1, 0.15) is 6.04 Å². The Morgan fingerprint density at radius 3 is 2.45 bits per heavy atom. The van der Waals surface area contributed by atoms with Gasteiger partial charge in [0.15, 0.2) is 5.78 Å². The molecule has 4 atom stereocenters. The van der Waals surface area contributed by atoms with Gasteiger partial charge >= 0.3 is 0 Å². The van der Waals surface area contributed by atoms with Gasteiger partial charge in [0.25, 0.3) is 0 Å². The van der Waals surface area contributed by atoms with Crippen LogP contribution in [0.3, 0.4) is 0 Å². The number of unbranched alkanes of at least 4 members (excludes halogenated alkanes) is 1. The maximum absolute atomic E-state index is 13.6. The van der Waals surface area contributed by atoms with Gasteiger partial charge in [-0.15, -0.1) is 0 Å². The number of rotatable bonds is 4. The summed E-state index contributed by atoms with van der Waals surface area (Å²) in [5.74, 6) is -1.36. The number of anilines is 1. The highest BCUT2D eigenvalue weighted by Gasteiger charge is 2.64. The van der Waals surface area contributed by atoms with Crippen molar-refractivity contribution in [3.63, 3.8) is 0 Å². The van der Waals surface area contributed by atoms with Gasteiger partial charge in [-0.1, -0.05) is 57.9 Å². The Morgan fingerprint density at radius 1 is 1.10 bits per heavy atom. The molecule has 2 fully saturated rings. The van der Waals surface area contributed by atoms with Crippen molar-refractivity contribution in [1.29, 1.82) is 0 Å². The van der Waals surface area contributed by atoms with Crippen molar-refractivity contribution in [3.8, 4) is 0 Å². The van der Waals surface area contributed by atoms with Gasteiger partial charge in [0, 0.05) is 17.6 Å². The van der Waals surface area contributed by atoms with E-state index in [1.807, 2.05) is 58.9 Å². The number of amides is 2. The number of benzene rings is 1. The van der Waals surface area contributed by atoms with Gasteiger partial charge in [-0.2, -0.15) is 0 Å². The number of ketones is 1. The summed E-state index contributed by atoms with van der Waals surface area (Å²) in [6.45, 7) is 10.2. The van der Waals surface area contributed by atoms with E-state index >= 15 is 0 Å². The molecule has 0 aliphatic carbocycles. The third kappa shape index (κ3) is 2.93. The molecule has 0 spiro atoms. The highest BCUT2D eigenvalue weighted by atomic mass is 16.2. The second-order valence-corrected chi connectivity index (χ2v) is 9.61. The van der Waals surface area contributed by atoms with E-state index < -0.39 is 23.3 Å². The van der Waals surface area contributed by atoms with Gasteiger partial charge in [-0.3, -0.25) is 19.3 Å². The van der Waals surface area contributed by atoms with Crippen LogP contribution in [0.2, 0.25) is 0 Å². The average molecular weight is 395 g/mol. The Kier molecular flexibility index (Phi) is 4.67. The molecule has 2 saturated heterocycles. The maximum atomic E-state index is 13.6. The minimum absolute atomic E-state index is 0.0234. The third-order valence-electron chi connectivity index (χ3n) is 6.50.